The van der Waals surface area contributed by atoms with Crippen molar-refractivity contribution in [2.75, 3.05) is 37.0 Å². The zero-order valence-electron chi connectivity index (χ0n) is 19.3. The summed E-state index contributed by atoms with van der Waals surface area (Å²) in [7, 11) is 1.64. The number of anilines is 2. The van der Waals surface area contributed by atoms with Gasteiger partial charge in [-0.2, -0.15) is 9.97 Å². The van der Waals surface area contributed by atoms with E-state index >= 15 is 0 Å². The standard InChI is InChI=1S/C25H35N5OS/c1-19-10-9-15-30(17-19)21-16-22(31-2)28-23(27-21)29-24(32)26-18-25(13-7-4-8-14-25)20-11-5-3-6-12-20/h3,5-6,11-12,16,19H,4,7-10,13-15,17-18H2,1-2H3,(H2,26,27,28,29,32)/t19-/m1/s1. The molecule has 7 heteroatoms. The highest BCUT2D eigenvalue weighted by Gasteiger charge is 2.33. The van der Waals surface area contributed by atoms with Crippen LogP contribution in [-0.4, -0.2) is 41.8 Å². The number of thiocarbonyl (C=S) groups is 1. The first-order valence-corrected chi connectivity index (χ1v) is 12.3. The first kappa shape index (κ1) is 22.8. The molecule has 0 unspecified atom stereocenters. The van der Waals surface area contributed by atoms with E-state index < -0.39 is 0 Å². The number of nitrogens with zero attached hydrogens (tertiary/aromatic N) is 3. The lowest BCUT2D eigenvalue weighted by Crippen LogP contribution is -2.43. The van der Waals surface area contributed by atoms with Gasteiger partial charge in [-0.1, -0.05) is 56.5 Å². The van der Waals surface area contributed by atoms with Crippen molar-refractivity contribution >= 4 is 29.1 Å². The SMILES string of the molecule is COc1cc(N2CCC[C@@H](C)C2)nc(NC(=S)NCC2(c3ccccc3)CCCCC2)n1. The fourth-order valence-electron chi connectivity index (χ4n) is 5.12. The van der Waals surface area contributed by atoms with E-state index in [4.69, 9.17) is 21.9 Å². The number of ether oxygens (including phenoxy) is 1. The van der Waals surface area contributed by atoms with Gasteiger partial charge in [-0.05, 0) is 49.4 Å². The molecule has 1 aromatic carbocycles. The zero-order chi connectivity index (χ0) is 22.4. The minimum Gasteiger partial charge on any atom is -0.481 e. The van der Waals surface area contributed by atoms with Crippen LogP contribution in [-0.2, 0) is 5.41 Å². The van der Waals surface area contributed by atoms with Gasteiger partial charge in [0, 0.05) is 31.1 Å². The number of methoxy groups -OCH3 is 1. The van der Waals surface area contributed by atoms with Gasteiger partial charge in [-0.3, -0.25) is 0 Å². The third kappa shape index (κ3) is 5.49. The van der Waals surface area contributed by atoms with E-state index in [2.05, 4.69) is 57.8 Å². The van der Waals surface area contributed by atoms with Crippen molar-refractivity contribution in [1.82, 2.24) is 15.3 Å². The molecule has 172 valence electrons. The lowest BCUT2D eigenvalue weighted by Gasteiger charge is -2.38. The quantitative estimate of drug-likeness (QED) is 0.603. The molecule has 1 saturated carbocycles. The van der Waals surface area contributed by atoms with E-state index in [1.54, 1.807) is 7.11 Å². The molecule has 1 saturated heterocycles. The average molecular weight is 454 g/mol. The van der Waals surface area contributed by atoms with Crippen molar-refractivity contribution in [2.24, 2.45) is 5.92 Å². The van der Waals surface area contributed by atoms with E-state index in [1.807, 2.05) is 6.07 Å². The highest BCUT2D eigenvalue weighted by molar-refractivity contribution is 7.80. The Bertz CT molecular complexity index is 900. The molecular weight excluding hydrogens is 418 g/mol. The molecule has 0 amide bonds. The molecule has 1 atom stereocenters. The summed E-state index contributed by atoms with van der Waals surface area (Å²) in [6.45, 7) is 5.11. The second-order valence-corrected chi connectivity index (χ2v) is 9.71. The summed E-state index contributed by atoms with van der Waals surface area (Å²) in [5.74, 6) is 2.58. The van der Waals surface area contributed by atoms with Crippen LogP contribution in [0.1, 0.15) is 57.4 Å². The van der Waals surface area contributed by atoms with E-state index in [0.717, 1.165) is 25.5 Å². The Kier molecular flexibility index (Phi) is 7.45. The molecule has 2 aromatic rings. The third-order valence-corrected chi connectivity index (χ3v) is 7.14. The maximum Gasteiger partial charge on any atom is 0.234 e. The minimum atomic E-state index is 0.121. The predicted octanol–water partition coefficient (Wildman–Crippen LogP) is 4.91. The number of nitrogens with one attached hydrogen (secondary N) is 2. The molecular formula is C25H35N5OS. The van der Waals surface area contributed by atoms with Gasteiger partial charge in [-0.25, -0.2) is 0 Å². The molecule has 1 aliphatic carbocycles. The fourth-order valence-corrected chi connectivity index (χ4v) is 5.28. The zero-order valence-corrected chi connectivity index (χ0v) is 20.1. The highest BCUT2D eigenvalue weighted by Crippen LogP contribution is 2.39. The topological polar surface area (TPSA) is 62.3 Å². The number of rotatable bonds is 6. The van der Waals surface area contributed by atoms with E-state index in [0.29, 0.717) is 22.9 Å². The van der Waals surface area contributed by atoms with Crippen molar-refractivity contribution in [3.8, 4) is 5.88 Å². The molecule has 0 bridgehead atoms. The van der Waals surface area contributed by atoms with Gasteiger partial charge in [0.15, 0.2) is 5.11 Å². The predicted molar refractivity (Wildman–Crippen MR) is 135 cm³/mol. The summed E-state index contributed by atoms with van der Waals surface area (Å²) in [5.41, 5.74) is 1.52. The number of aromatic nitrogens is 2. The number of hydrogen-bond acceptors (Lipinski definition) is 5. The molecule has 6 nitrogen and oxygen atoms in total. The summed E-state index contributed by atoms with van der Waals surface area (Å²) < 4.78 is 5.44. The Morgan fingerprint density at radius 3 is 2.66 bits per heavy atom. The third-order valence-electron chi connectivity index (χ3n) is 6.89. The van der Waals surface area contributed by atoms with Crippen LogP contribution in [0.25, 0.3) is 0 Å². The molecule has 32 heavy (non-hydrogen) atoms. The normalized spacial score (nSPS) is 20.4. The maximum atomic E-state index is 5.65. The monoisotopic (exact) mass is 453 g/mol. The van der Waals surface area contributed by atoms with Gasteiger partial charge in [0.25, 0.3) is 0 Å². The van der Waals surface area contributed by atoms with Crippen LogP contribution in [0.5, 0.6) is 5.88 Å². The number of hydrogen-bond donors (Lipinski definition) is 2. The Balaban J connectivity index is 1.44. The highest BCUT2D eigenvalue weighted by atomic mass is 32.1. The van der Waals surface area contributed by atoms with Crippen LogP contribution in [0.2, 0.25) is 0 Å². The molecule has 2 aliphatic rings. The van der Waals surface area contributed by atoms with Crippen LogP contribution in [0.15, 0.2) is 36.4 Å². The molecule has 2 heterocycles. The molecule has 2 N–H and O–H groups in total. The van der Waals surface area contributed by atoms with Crippen LogP contribution in [0, 0.1) is 5.92 Å². The second kappa shape index (κ2) is 10.5. The molecule has 2 fully saturated rings. The van der Waals surface area contributed by atoms with Gasteiger partial charge < -0.3 is 20.3 Å². The van der Waals surface area contributed by atoms with Gasteiger partial charge in [-0.15, -0.1) is 0 Å². The number of piperidine rings is 1. The van der Waals surface area contributed by atoms with Gasteiger partial charge in [0.2, 0.25) is 11.8 Å². The Morgan fingerprint density at radius 1 is 1.16 bits per heavy atom. The molecule has 0 radical (unpaired) electrons. The average Bonchev–Trinajstić information content (AvgIpc) is 2.84. The number of benzene rings is 1. The molecule has 0 spiro atoms. The van der Waals surface area contributed by atoms with Crippen molar-refractivity contribution < 1.29 is 4.74 Å². The van der Waals surface area contributed by atoms with Gasteiger partial charge in [0.1, 0.15) is 5.82 Å². The Hall–Kier alpha value is -2.41. The molecule has 4 rings (SSSR count). The Morgan fingerprint density at radius 2 is 1.94 bits per heavy atom. The summed E-state index contributed by atoms with van der Waals surface area (Å²) in [4.78, 5) is 11.5. The van der Waals surface area contributed by atoms with E-state index in [1.165, 1.54) is 50.5 Å². The first-order chi connectivity index (χ1) is 15.6. The summed E-state index contributed by atoms with van der Waals surface area (Å²) in [6.07, 6.45) is 8.63. The molecule has 1 aromatic heterocycles. The van der Waals surface area contributed by atoms with E-state index in [-0.39, 0.29) is 5.41 Å². The van der Waals surface area contributed by atoms with Gasteiger partial charge >= 0.3 is 0 Å². The van der Waals surface area contributed by atoms with Crippen molar-refractivity contribution in [1.29, 1.82) is 0 Å². The minimum absolute atomic E-state index is 0.121. The lowest BCUT2D eigenvalue weighted by molar-refractivity contribution is 0.292. The van der Waals surface area contributed by atoms with Crippen molar-refractivity contribution in [2.45, 2.75) is 57.3 Å². The first-order valence-electron chi connectivity index (χ1n) is 11.9. The smallest absolute Gasteiger partial charge is 0.234 e. The second-order valence-electron chi connectivity index (χ2n) is 9.30. The van der Waals surface area contributed by atoms with Crippen LogP contribution >= 0.6 is 12.2 Å². The van der Waals surface area contributed by atoms with Crippen LogP contribution in [0.3, 0.4) is 0 Å². The fraction of sp³-hybridized carbons (Fsp3) is 0.560. The van der Waals surface area contributed by atoms with Crippen molar-refractivity contribution in [3.63, 3.8) is 0 Å². The summed E-state index contributed by atoms with van der Waals surface area (Å²) in [6, 6.07) is 12.8. The largest absolute Gasteiger partial charge is 0.481 e. The molecule has 1 aliphatic heterocycles. The maximum absolute atomic E-state index is 5.65. The van der Waals surface area contributed by atoms with E-state index in [9.17, 15) is 0 Å². The van der Waals surface area contributed by atoms with Crippen LogP contribution < -0.4 is 20.3 Å². The lowest BCUT2D eigenvalue weighted by atomic mass is 9.69. The van der Waals surface area contributed by atoms with Gasteiger partial charge in [0.05, 0.1) is 7.11 Å². The van der Waals surface area contributed by atoms with Crippen LogP contribution in [0.4, 0.5) is 11.8 Å². The Labute approximate surface area is 197 Å². The summed E-state index contributed by atoms with van der Waals surface area (Å²) >= 11 is 5.65. The van der Waals surface area contributed by atoms with Crippen molar-refractivity contribution in [3.05, 3.63) is 42.0 Å². The summed E-state index contributed by atoms with van der Waals surface area (Å²) in [5, 5.41) is 7.23.